The molecule has 1 aliphatic heterocycles. The van der Waals surface area contributed by atoms with Gasteiger partial charge in [0.1, 0.15) is 11.6 Å². The number of halogens is 2. The number of nitrogens with one attached hydrogen (secondary N) is 1. The van der Waals surface area contributed by atoms with Crippen molar-refractivity contribution in [2.75, 3.05) is 44.7 Å². The largest absolute Gasteiger partial charge is 0.419 e. The van der Waals surface area contributed by atoms with Crippen molar-refractivity contribution in [1.29, 1.82) is 0 Å². The van der Waals surface area contributed by atoms with Crippen LogP contribution in [0.25, 0.3) is 11.5 Å². The molecule has 0 radical (unpaired) electrons. The van der Waals surface area contributed by atoms with E-state index in [0.717, 1.165) is 50.3 Å². The van der Waals surface area contributed by atoms with Gasteiger partial charge in [-0.3, -0.25) is 4.90 Å². The molecular weight excluding hydrogens is 440 g/mol. The molecule has 1 aromatic heterocycles. The predicted molar refractivity (Wildman–Crippen MR) is 114 cm³/mol. The maximum absolute atomic E-state index is 14.3. The minimum Gasteiger partial charge on any atom is -0.419 e. The van der Waals surface area contributed by atoms with Crippen molar-refractivity contribution in [3.63, 3.8) is 0 Å². The molecule has 1 N–H and O–H groups in total. The van der Waals surface area contributed by atoms with E-state index in [1.807, 2.05) is 0 Å². The lowest BCUT2D eigenvalue weighted by Crippen LogP contribution is -2.37. The smallest absolute Gasteiger partial charge is 0.233 e. The molecule has 1 aliphatic rings. The molecule has 0 unspecified atom stereocenters. The minimum atomic E-state index is -4.13. The number of morpholine rings is 1. The summed E-state index contributed by atoms with van der Waals surface area (Å²) in [5.74, 6) is -1.37. The van der Waals surface area contributed by atoms with Gasteiger partial charge in [0.05, 0.1) is 23.7 Å². The topological polar surface area (TPSA) is 84.7 Å². The SMILES string of the molecule is O=S(=O)(c1ccc(F)cc1)c1nc(-c2ccccc2F)oc1NCCCN1CCOCC1. The zero-order valence-corrected chi connectivity index (χ0v) is 18.1. The van der Waals surface area contributed by atoms with E-state index in [4.69, 9.17) is 9.15 Å². The molecule has 4 rings (SSSR count). The fourth-order valence-corrected chi connectivity index (χ4v) is 4.68. The number of anilines is 1. The molecule has 0 bridgehead atoms. The molecule has 0 saturated carbocycles. The van der Waals surface area contributed by atoms with Crippen LogP contribution < -0.4 is 5.32 Å². The number of aromatic nitrogens is 1. The first-order valence-electron chi connectivity index (χ1n) is 10.3. The minimum absolute atomic E-state index is 0.0458. The summed E-state index contributed by atoms with van der Waals surface area (Å²) in [5.41, 5.74) is 0.0458. The lowest BCUT2D eigenvalue weighted by molar-refractivity contribution is 0.0378. The number of sulfone groups is 1. The van der Waals surface area contributed by atoms with Gasteiger partial charge in [-0.25, -0.2) is 17.2 Å². The van der Waals surface area contributed by atoms with Crippen molar-refractivity contribution in [3.05, 3.63) is 60.2 Å². The summed E-state index contributed by atoms with van der Waals surface area (Å²) in [6.45, 7) is 4.33. The zero-order chi connectivity index (χ0) is 22.6. The Kier molecular flexibility index (Phi) is 6.83. The van der Waals surface area contributed by atoms with Crippen LogP contribution in [0.15, 0.2) is 62.9 Å². The fourth-order valence-electron chi connectivity index (χ4n) is 3.40. The Bertz CT molecular complexity index is 1160. The van der Waals surface area contributed by atoms with Crippen molar-refractivity contribution in [2.45, 2.75) is 16.3 Å². The van der Waals surface area contributed by atoms with E-state index in [1.54, 1.807) is 6.07 Å². The van der Waals surface area contributed by atoms with Crippen LogP contribution in [0.4, 0.5) is 14.7 Å². The summed E-state index contributed by atoms with van der Waals surface area (Å²) >= 11 is 0. The van der Waals surface area contributed by atoms with Gasteiger partial charge in [0.25, 0.3) is 0 Å². The fraction of sp³-hybridized carbons (Fsp3) is 0.318. The Morgan fingerprint density at radius 2 is 1.75 bits per heavy atom. The second kappa shape index (κ2) is 9.76. The van der Waals surface area contributed by atoms with Crippen LogP contribution in [0.2, 0.25) is 0 Å². The van der Waals surface area contributed by atoms with Crippen molar-refractivity contribution >= 4 is 15.7 Å². The molecule has 0 amide bonds. The average Bonchev–Trinajstić information content (AvgIpc) is 3.23. The van der Waals surface area contributed by atoms with E-state index in [0.29, 0.717) is 19.8 Å². The molecular formula is C22H23F2N3O4S. The number of hydrogen-bond donors (Lipinski definition) is 1. The van der Waals surface area contributed by atoms with Gasteiger partial charge in [-0.15, -0.1) is 0 Å². The van der Waals surface area contributed by atoms with Crippen LogP contribution in [-0.2, 0) is 14.6 Å². The molecule has 170 valence electrons. The highest BCUT2D eigenvalue weighted by Crippen LogP contribution is 2.33. The Morgan fingerprint density at radius 3 is 2.47 bits per heavy atom. The first-order chi connectivity index (χ1) is 15.4. The molecule has 7 nitrogen and oxygen atoms in total. The normalized spacial score (nSPS) is 15.1. The van der Waals surface area contributed by atoms with Gasteiger partial charge in [-0.05, 0) is 49.4 Å². The summed E-state index contributed by atoms with van der Waals surface area (Å²) in [4.78, 5) is 6.22. The molecule has 3 aromatic rings. The number of ether oxygens (including phenoxy) is 1. The number of nitrogens with zero attached hydrogens (tertiary/aromatic N) is 2. The number of rotatable bonds is 8. The lowest BCUT2D eigenvalue weighted by Gasteiger charge is -2.26. The van der Waals surface area contributed by atoms with Crippen LogP contribution in [0.1, 0.15) is 6.42 Å². The second-order valence-electron chi connectivity index (χ2n) is 7.32. The van der Waals surface area contributed by atoms with Crippen LogP contribution in [0, 0.1) is 11.6 Å². The second-order valence-corrected chi connectivity index (χ2v) is 9.19. The van der Waals surface area contributed by atoms with Gasteiger partial charge in [-0.2, -0.15) is 4.98 Å². The van der Waals surface area contributed by atoms with Crippen molar-refractivity contribution in [3.8, 4) is 11.5 Å². The van der Waals surface area contributed by atoms with E-state index < -0.39 is 21.5 Å². The van der Waals surface area contributed by atoms with E-state index >= 15 is 0 Å². The third kappa shape index (κ3) is 4.98. The summed E-state index contributed by atoms with van der Waals surface area (Å²) in [6, 6.07) is 10.2. The van der Waals surface area contributed by atoms with Crippen molar-refractivity contribution in [1.82, 2.24) is 9.88 Å². The molecule has 0 aliphatic carbocycles. The molecule has 10 heteroatoms. The Morgan fingerprint density at radius 1 is 1.03 bits per heavy atom. The van der Waals surface area contributed by atoms with Gasteiger partial charge < -0.3 is 14.5 Å². The molecule has 1 fully saturated rings. The Hall–Kier alpha value is -2.82. The van der Waals surface area contributed by atoms with Crippen LogP contribution in [0.3, 0.4) is 0 Å². The zero-order valence-electron chi connectivity index (χ0n) is 17.3. The van der Waals surface area contributed by atoms with Crippen molar-refractivity contribution in [2.24, 2.45) is 0 Å². The maximum Gasteiger partial charge on any atom is 0.233 e. The number of oxazole rings is 1. The van der Waals surface area contributed by atoms with E-state index in [9.17, 15) is 17.2 Å². The lowest BCUT2D eigenvalue weighted by atomic mass is 10.2. The highest BCUT2D eigenvalue weighted by Gasteiger charge is 2.29. The Labute approximate surface area is 184 Å². The van der Waals surface area contributed by atoms with Crippen molar-refractivity contribution < 1.29 is 26.4 Å². The van der Waals surface area contributed by atoms with Gasteiger partial charge in [0.2, 0.25) is 26.6 Å². The molecule has 2 aromatic carbocycles. The summed E-state index contributed by atoms with van der Waals surface area (Å²) in [5, 5.41) is 2.62. The molecule has 2 heterocycles. The summed E-state index contributed by atoms with van der Waals surface area (Å²) < 4.78 is 64.9. The molecule has 32 heavy (non-hydrogen) atoms. The third-order valence-electron chi connectivity index (χ3n) is 5.12. The van der Waals surface area contributed by atoms with E-state index in [2.05, 4.69) is 15.2 Å². The predicted octanol–water partition coefficient (Wildman–Crippen LogP) is 3.59. The van der Waals surface area contributed by atoms with Crippen LogP contribution in [-0.4, -0.2) is 57.7 Å². The molecule has 0 atom stereocenters. The van der Waals surface area contributed by atoms with Crippen LogP contribution >= 0.6 is 0 Å². The number of hydrogen-bond acceptors (Lipinski definition) is 7. The molecule has 0 spiro atoms. The monoisotopic (exact) mass is 463 g/mol. The average molecular weight is 464 g/mol. The summed E-state index contributed by atoms with van der Waals surface area (Å²) in [7, 11) is -4.13. The standard InChI is InChI=1S/C22H23F2N3O4S/c23-16-6-8-17(9-7-16)32(28,29)22-21(25-10-3-11-27-12-14-30-15-13-27)31-20(26-22)18-4-1-2-5-19(18)24/h1-2,4-9,25H,3,10-15H2. The first-order valence-corrected chi connectivity index (χ1v) is 11.7. The quantitative estimate of drug-likeness (QED) is 0.404. The summed E-state index contributed by atoms with van der Waals surface area (Å²) in [6.07, 6.45) is 0.728. The van der Waals surface area contributed by atoms with E-state index in [-0.39, 0.29) is 27.3 Å². The number of benzene rings is 2. The van der Waals surface area contributed by atoms with Gasteiger partial charge in [0, 0.05) is 19.6 Å². The molecule has 1 saturated heterocycles. The van der Waals surface area contributed by atoms with Crippen LogP contribution in [0.5, 0.6) is 0 Å². The van der Waals surface area contributed by atoms with Gasteiger partial charge >= 0.3 is 0 Å². The first kappa shape index (κ1) is 22.4. The third-order valence-corrected chi connectivity index (χ3v) is 6.80. The van der Waals surface area contributed by atoms with E-state index in [1.165, 1.54) is 18.2 Å². The maximum atomic E-state index is 14.3. The highest BCUT2D eigenvalue weighted by atomic mass is 32.2. The van der Waals surface area contributed by atoms with Gasteiger partial charge in [0.15, 0.2) is 0 Å². The van der Waals surface area contributed by atoms with Gasteiger partial charge in [-0.1, -0.05) is 12.1 Å². The highest BCUT2D eigenvalue weighted by molar-refractivity contribution is 7.91. The Balaban J connectivity index is 1.60.